The first-order valence-corrected chi connectivity index (χ1v) is 8.62. The van der Waals surface area contributed by atoms with Gasteiger partial charge in [0.2, 0.25) is 11.8 Å². The van der Waals surface area contributed by atoms with Crippen molar-refractivity contribution in [2.45, 2.75) is 19.6 Å². The molecule has 10 heteroatoms. The molecule has 3 aromatic rings. The summed E-state index contributed by atoms with van der Waals surface area (Å²) in [6, 6.07) is 11.5. The van der Waals surface area contributed by atoms with Crippen molar-refractivity contribution in [1.29, 1.82) is 0 Å². The molecule has 152 valence electrons. The van der Waals surface area contributed by atoms with Gasteiger partial charge in [0.15, 0.2) is 0 Å². The van der Waals surface area contributed by atoms with Crippen molar-refractivity contribution in [3.63, 3.8) is 0 Å². The maximum Gasteiger partial charge on any atom is 0.416 e. The van der Waals surface area contributed by atoms with E-state index in [0.29, 0.717) is 16.9 Å². The van der Waals surface area contributed by atoms with Crippen molar-refractivity contribution in [2.24, 2.45) is 0 Å². The summed E-state index contributed by atoms with van der Waals surface area (Å²) in [5.41, 5.74) is 0.794. The van der Waals surface area contributed by atoms with Crippen LogP contribution in [0.5, 0.6) is 0 Å². The number of carboxylic acid groups (broad SMARTS) is 1. The molecule has 0 unspecified atom stereocenters. The molecule has 0 atom stereocenters. The molecule has 0 fully saturated rings. The lowest BCUT2D eigenvalue weighted by atomic mass is 10.1. The number of nitrogens with one attached hydrogen (secondary N) is 1. The number of aromatic nitrogens is 2. The average Bonchev–Trinajstić information content (AvgIpc) is 3.14. The first-order chi connectivity index (χ1) is 13.8. The van der Waals surface area contributed by atoms with Crippen LogP contribution in [0.3, 0.4) is 0 Å². The largest absolute Gasteiger partial charge is 0.465 e. The molecule has 2 aromatic carbocycles. The van der Waals surface area contributed by atoms with Crippen molar-refractivity contribution in [3.8, 4) is 11.5 Å². The zero-order chi connectivity index (χ0) is 21.0. The highest BCUT2D eigenvalue weighted by Crippen LogP contribution is 2.32. The van der Waals surface area contributed by atoms with Crippen LogP contribution in [0, 0.1) is 0 Å². The van der Waals surface area contributed by atoms with Gasteiger partial charge in [-0.3, -0.25) is 4.90 Å². The van der Waals surface area contributed by atoms with E-state index in [9.17, 15) is 18.0 Å². The normalized spacial score (nSPS) is 11.3. The molecule has 0 aliphatic rings. The van der Waals surface area contributed by atoms with Crippen LogP contribution in [-0.4, -0.2) is 32.8 Å². The molecule has 1 aromatic heterocycles. The molecular weight excluding hydrogens is 389 g/mol. The molecular formula is C19H17F3N4O3. The van der Waals surface area contributed by atoms with Gasteiger partial charge in [0.05, 0.1) is 16.8 Å². The molecule has 1 amide bonds. The second kappa shape index (κ2) is 8.21. The molecule has 7 nitrogen and oxygen atoms in total. The fraction of sp³-hybridized carbons (Fsp3) is 0.211. The minimum Gasteiger partial charge on any atom is -0.465 e. The summed E-state index contributed by atoms with van der Waals surface area (Å²) in [7, 11) is 0. The molecule has 3 rings (SSSR count). The lowest BCUT2D eigenvalue weighted by molar-refractivity contribution is -0.137. The number of amides is 1. The Balaban J connectivity index is 1.82. The van der Waals surface area contributed by atoms with E-state index in [1.54, 1.807) is 31.2 Å². The summed E-state index contributed by atoms with van der Waals surface area (Å²) in [5.74, 6) is 0.296. The Morgan fingerprint density at radius 2 is 1.83 bits per heavy atom. The average molecular weight is 406 g/mol. The molecule has 0 spiro atoms. The molecule has 0 radical (unpaired) electrons. The van der Waals surface area contributed by atoms with E-state index in [4.69, 9.17) is 9.52 Å². The van der Waals surface area contributed by atoms with Crippen molar-refractivity contribution in [3.05, 3.63) is 60.0 Å². The predicted octanol–water partition coefficient (Wildman–Crippen LogP) is 5.00. The zero-order valence-corrected chi connectivity index (χ0v) is 15.3. The van der Waals surface area contributed by atoms with Gasteiger partial charge in [-0.25, -0.2) is 4.79 Å². The Morgan fingerprint density at radius 1 is 1.14 bits per heavy atom. The Hall–Kier alpha value is -3.56. The summed E-state index contributed by atoms with van der Waals surface area (Å²) in [4.78, 5) is 12.2. The van der Waals surface area contributed by atoms with Gasteiger partial charge >= 0.3 is 12.3 Å². The van der Waals surface area contributed by atoms with Gasteiger partial charge in [0.1, 0.15) is 6.54 Å². The standard InChI is InChI=1S/C19H17F3N4O3/c1-2-26(18(27)28)11-16-24-25-17(29-16)14-5-3-4-6-15(14)23-13-9-7-12(8-10-13)19(20,21)22/h3-10,23H,2,11H2,1H3,(H,27,28). The molecule has 1 heterocycles. The van der Waals surface area contributed by atoms with E-state index >= 15 is 0 Å². The minimum atomic E-state index is -4.40. The fourth-order valence-electron chi connectivity index (χ4n) is 2.58. The Kier molecular flexibility index (Phi) is 5.71. The summed E-state index contributed by atoms with van der Waals surface area (Å²) in [6.07, 6.45) is -5.50. The SMILES string of the molecule is CCN(Cc1nnc(-c2ccccc2Nc2ccc(C(F)(F)F)cc2)o1)C(=O)O. The van der Waals surface area contributed by atoms with Crippen molar-refractivity contribution in [1.82, 2.24) is 15.1 Å². The molecule has 0 bridgehead atoms. The second-order valence-electron chi connectivity index (χ2n) is 6.04. The van der Waals surface area contributed by atoms with Crippen LogP contribution in [0.4, 0.5) is 29.3 Å². The zero-order valence-electron chi connectivity index (χ0n) is 15.3. The summed E-state index contributed by atoms with van der Waals surface area (Å²) < 4.78 is 43.7. The second-order valence-corrected chi connectivity index (χ2v) is 6.04. The van der Waals surface area contributed by atoms with E-state index in [-0.39, 0.29) is 24.9 Å². The van der Waals surface area contributed by atoms with Crippen LogP contribution in [0.2, 0.25) is 0 Å². The molecule has 0 aliphatic carbocycles. The predicted molar refractivity (Wildman–Crippen MR) is 98.6 cm³/mol. The first-order valence-electron chi connectivity index (χ1n) is 8.62. The Morgan fingerprint density at radius 3 is 2.45 bits per heavy atom. The molecule has 0 saturated carbocycles. The van der Waals surface area contributed by atoms with E-state index in [2.05, 4.69) is 15.5 Å². The fourth-order valence-corrected chi connectivity index (χ4v) is 2.58. The van der Waals surface area contributed by atoms with Gasteiger partial charge in [-0.05, 0) is 43.3 Å². The molecule has 0 aliphatic heterocycles. The van der Waals surface area contributed by atoms with Gasteiger partial charge in [-0.2, -0.15) is 13.2 Å². The van der Waals surface area contributed by atoms with E-state index in [1.807, 2.05) is 0 Å². The lowest BCUT2D eigenvalue weighted by Gasteiger charge is -2.13. The van der Waals surface area contributed by atoms with Crippen LogP contribution in [0.1, 0.15) is 18.4 Å². The van der Waals surface area contributed by atoms with Crippen molar-refractivity contribution >= 4 is 17.5 Å². The number of benzene rings is 2. The van der Waals surface area contributed by atoms with Crippen LogP contribution in [0.25, 0.3) is 11.5 Å². The number of hydrogen-bond acceptors (Lipinski definition) is 5. The highest BCUT2D eigenvalue weighted by atomic mass is 19.4. The highest BCUT2D eigenvalue weighted by Gasteiger charge is 2.30. The lowest BCUT2D eigenvalue weighted by Crippen LogP contribution is -2.28. The molecule has 0 saturated heterocycles. The van der Waals surface area contributed by atoms with Gasteiger partial charge in [0.25, 0.3) is 0 Å². The third kappa shape index (κ3) is 4.84. The summed E-state index contributed by atoms with van der Waals surface area (Å²) in [5, 5.41) is 20.0. The number of nitrogens with zero attached hydrogens (tertiary/aromatic N) is 3. The van der Waals surface area contributed by atoms with E-state index in [0.717, 1.165) is 17.0 Å². The highest BCUT2D eigenvalue weighted by molar-refractivity contribution is 5.76. The first kappa shape index (κ1) is 20.2. The Labute approximate surface area is 163 Å². The maximum atomic E-state index is 12.7. The topological polar surface area (TPSA) is 91.5 Å². The summed E-state index contributed by atoms with van der Waals surface area (Å²) >= 11 is 0. The monoisotopic (exact) mass is 406 g/mol. The number of para-hydroxylation sites is 1. The van der Waals surface area contributed by atoms with Gasteiger partial charge in [-0.15, -0.1) is 10.2 Å². The van der Waals surface area contributed by atoms with E-state index < -0.39 is 17.8 Å². The third-order valence-electron chi connectivity index (χ3n) is 4.09. The van der Waals surface area contributed by atoms with Gasteiger partial charge < -0.3 is 14.8 Å². The van der Waals surface area contributed by atoms with Crippen LogP contribution < -0.4 is 5.32 Å². The van der Waals surface area contributed by atoms with Crippen LogP contribution in [0.15, 0.2) is 52.9 Å². The maximum absolute atomic E-state index is 12.7. The van der Waals surface area contributed by atoms with Gasteiger partial charge in [-0.1, -0.05) is 12.1 Å². The molecule has 29 heavy (non-hydrogen) atoms. The third-order valence-corrected chi connectivity index (χ3v) is 4.09. The number of alkyl halides is 3. The Bertz CT molecular complexity index is 987. The number of anilines is 2. The van der Waals surface area contributed by atoms with Crippen LogP contribution >= 0.6 is 0 Å². The minimum absolute atomic E-state index is 0.0483. The van der Waals surface area contributed by atoms with Crippen LogP contribution in [-0.2, 0) is 12.7 Å². The quantitative estimate of drug-likeness (QED) is 0.599. The smallest absolute Gasteiger partial charge is 0.416 e. The number of hydrogen-bond donors (Lipinski definition) is 2. The molecule has 2 N–H and O–H groups in total. The van der Waals surface area contributed by atoms with Crippen molar-refractivity contribution in [2.75, 3.05) is 11.9 Å². The van der Waals surface area contributed by atoms with Gasteiger partial charge in [0, 0.05) is 12.2 Å². The van der Waals surface area contributed by atoms with Crippen molar-refractivity contribution < 1.29 is 27.5 Å². The number of rotatable bonds is 6. The number of carbonyl (C=O) groups is 1. The number of halogens is 3. The summed E-state index contributed by atoms with van der Waals surface area (Å²) in [6.45, 7) is 1.90. The van der Waals surface area contributed by atoms with E-state index in [1.165, 1.54) is 12.1 Å².